The number of carbonyl (C=O) groups is 1. The van der Waals surface area contributed by atoms with Crippen LogP contribution in [0.4, 0.5) is 0 Å². The van der Waals surface area contributed by atoms with E-state index in [1.807, 2.05) is 12.1 Å². The first-order valence-electron chi connectivity index (χ1n) is 9.60. The van der Waals surface area contributed by atoms with Gasteiger partial charge >= 0.3 is 0 Å². The fourth-order valence-electron chi connectivity index (χ4n) is 3.30. The molecule has 0 radical (unpaired) electrons. The Kier molecular flexibility index (Phi) is 5.16. The van der Waals surface area contributed by atoms with Crippen molar-refractivity contribution in [1.29, 1.82) is 0 Å². The molecular formula is C23H22N2O4. The van der Waals surface area contributed by atoms with E-state index in [2.05, 4.69) is 31.1 Å². The molecule has 0 atom stereocenters. The van der Waals surface area contributed by atoms with Gasteiger partial charge in [-0.05, 0) is 42.2 Å². The number of ether oxygens (including phenoxy) is 2. The Bertz CT molecular complexity index is 1100. The lowest BCUT2D eigenvalue weighted by Gasteiger charge is -2.09. The van der Waals surface area contributed by atoms with Gasteiger partial charge in [-0.3, -0.25) is 9.59 Å². The molecule has 0 amide bonds. The maximum Gasteiger partial charge on any atom is 0.267 e. The number of fused-ring (bicyclic) bond motifs is 1. The summed E-state index contributed by atoms with van der Waals surface area (Å²) in [6, 6.07) is 16.3. The molecule has 1 aliphatic heterocycles. The van der Waals surface area contributed by atoms with E-state index in [-0.39, 0.29) is 24.7 Å². The minimum Gasteiger partial charge on any atom is -0.454 e. The SMILES string of the molecule is CC(C)Cc1ccc(-c2ccc(=O)n(CC(=O)c3ccc4c(c3)OCO4)n2)cc1. The second-order valence-electron chi connectivity index (χ2n) is 7.50. The highest BCUT2D eigenvalue weighted by atomic mass is 16.7. The van der Waals surface area contributed by atoms with Gasteiger partial charge in [-0.1, -0.05) is 38.1 Å². The molecule has 0 spiro atoms. The highest BCUT2D eigenvalue weighted by Gasteiger charge is 2.17. The fraction of sp³-hybridized carbons (Fsp3) is 0.261. The summed E-state index contributed by atoms with van der Waals surface area (Å²) in [6.45, 7) is 4.37. The molecule has 1 aromatic heterocycles. The van der Waals surface area contributed by atoms with Crippen molar-refractivity contribution in [2.75, 3.05) is 6.79 Å². The number of nitrogens with zero attached hydrogens (tertiary/aromatic N) is 2. The minimum atomic E-state index is -0.320. The van der Waals surface area contributed by atoms with Crippen molar-refractivity contribution in [1.82, 2.24) is 9.78 Å². The molecule has 0 fully saturated rings. The maximum atomic E-state index is 12.7. The van der Waals surface area contributed by atoms with Gasteiger partial charge in [0.25, 0.3) is 5.56 Å². The van der Waals surface area contributed by atoms with E-state index in [0.29, 0.717) is 28.7 Å². The smallest absolute Gasteiger partial charge is 0.267 e. The van der Waals surface area contributed by atoms with Gasteiger partial charge in [0.1, 0.15) is 6.54 Å². The van der Waals surface area contributed by atoms with Gasteiger partial charge in [0.05, 0.1) is 5.69 Å². The van der Waals surface area contributed by atoms with Crippen LogP contribution in [0.25, 0.3) is 11.3 Å². The average molecular weight is 390 g/mol. The van der Waals surface area contributed by atoms with E-state index >= 15 is 0 Å². The van der Waals surface area contributed by atoms with E-state index in [1.165, 1.54) is 16.3 Å². The summed E-state index contributed by atoms with van der Waals surface area (Å²) in [7, 11) is 0. The zero-order valence-corrected chi connectivity index (χ0v) is 16.4. The van der Waals surface area contributed by atoms with Crippen molar-refractivity contribution in [3.8, 4) is 22.8 Å². The van der Waals surface area contributed by atoms with Crippen LogP contribution in [0.1, 0.15) is 29.8 Å². The van der Waals surface area contributed by atoms with Crippen LogP contribution in [0.2, 0.25) is 0 Å². The Balaban J connectivity index is 1.55. The van der Waals surface area contributed by atoms with Crippen LogP contribution in [0.5, 0.6) is 11.5 Å². The predicted octanol–water partition coefficient (Wildman–Crippen LogP) is 3.72. The van der Waals surface area contributed by atoms with Crippen LogP contribution in [0.3, 0.4) is 0 Å². The first-order chi connectivity index (χ1) is 14.0. The highest BCUT2D eigenvalue weighted by molar-refractivity contribution is 5.96. The number of benzene rings is 2. The van der Waals surface area contributed by atoms with Gasteiger partial charge in [0.2, 0.25) is 6.79 Å². The summed E-state index contributed by atoms with van der Waals surface area (Å²) in [5, 5.41) is 4.40. The standard InChI is InChI=1S/C23H22N2O4/c1-15(2)11-16-3-5-17(6-4-16)19-8-10-23(27)25(24-19)13-20(26)18-7-9-21-22(12-18)29-14-28-21/h3-10,12,15H,11,13-14H2,1-2H3. The van der Waals surface area contributed by atoms with Gasteiger partial charge in [-0.15, -0.1) is 0 Å². The summed E-state index contributed by atoms with van der Waals surface area (Å²) in [4.78, 5) is 24.9. The normalized spacial score (nSPS) is 12.4. The summed E-state index contributed by atoms with van der Waals surface area (Å²) >= 11 is 0. The first kappa shape index (κ1) is 18.9. The third-order valence-electron chi connectivity index (χ3n) is 4.75. The summed E-state index contributed by atoms with van der Waals surface area (Å²) < 4.78 is 11.8. The van der Waals surface area contributed by atoms with E-state index in [4.69, 9.17) is 9.47 Å². The van der Waals surface area contributed by atoms with E-state index in [1.54, 1.807) is 24.3 Å². The first-order valence-corrected chi connectivity index (χ1v) is 9.60. The van der Waals surface area contributed by atoms with Crippen LogP contribution < -0.4 is 15.0 Å². The van der Waals surface area contributed by atoms with Crippen molar-refractivity contribution < 1.29 is 14.3 Å². The van der Waals surface area contributed by atoms with Crippen LogP contribution in [-0.4, -0.2) is 22.4 Å². The molecule has 2 heterocycles. The van der Waals surface area contributed by atoms with Crippen molar-refractivity contribution in [2.24, 2.45) is 5.92 Å². The van der Waals surface area contributed by atoms with E-state index in [0.717, 1.165) is 12.0 Å². The summed E-state index contributed by atoms with van der Waals surface area (Å²) in [5.41, 5.74) is 2.95. The quantitative estimate of drug-likeness (QED) is 0.600. The average Bonchev–Trinajstić information content (AvgIpc) is 3.17. The summed E-state index contributed by atoms with van der Waals surface area (Å²) in [6.07, 6.45) is 1.01. The monoisotopic (exact) mass is 390 g/mol. The van der Waals surface area contributed by atoms with Gasteiger partial charge in [0, 0.05) is 17.2 Å². The predicted molar refractivity (Wildman–Crippen MR) is 109 cm³/mol. The minimum absolute atomic E-state index is 0.141. The van der Waals surface area contributed by atoms with Crippen LogP contribution in [0.15, 0.2) is 59.4 Å². The summed E-state index contributed by atoms with van der Waals surface area (Å²) in [5.74, 6) is 1.51. The Morgan fingerprint density at radius 2 is 1.79 bits per heavy atom. The van der Waals surface area contributed by atoms with Gasteiger partial charge in [-0.2, -0.15) is 5.10 Å². The number of rotatable bonds is 6. The van der Waals surface area contributed by atoms with Gasteiger partial charge in [0.15, 0.2) is 17.3 Å². The molecule has 4 rings (SSSR count). The van der Waals surface area contributed by atoms with Crippen LogP contribution >= 0.6 is 0 Å². The fourth-order valence-corrected chi connectivity index (χ4v) is 3.30. The van der Waals surface area contributed by atoms with Gasteiger partial charge < -0.3 is 9.47 Å². The van der Waals surface area contributed by atoms with Gasteiger partial charge in [-0.25, -0.2) is 4.68 Å². The molecule has 0 N–H and O–H groups in total. The number of Topliss-reactive ketones (excluding diaryl/α,β-unsaturated/α-hetero) is 1. The zero-order valence-electron chi connectivity index (χ0n) is 16.4. The number of carbonyl (C=O) groups excluding carboxylic acids is 1. The van der Waals surface area contributed by atoms with E-state index in [9.17, 15) is 9.59 Å². The Morgan fingerprint density at radius 3 is 2.55 bits per heavy atom. The van der Waals surface area contributed by atoms with Crippen LogP contribution in [0, 0.1) is 5.92 Å². The van der Waals surface area contributed by atoms with Crippen LogP contribution in [-0.2, 0) is 13.0 Å². The largest absolute Gasteiger partial charge is 0.454 e. The third-order valence-corrected chi connectivity index (χ3v) is 4.75. The number of aromatic nitrogens is 2. The zero-order chi connectivity index (χ0) is 20.4. The molecule has 0 saturated carbocycles. The second-order valence-corrected chi connectivity index (χ2v) is 7.50. The van der Waals surface area contributed by atoms with Crippen molar-refractivity contribution in [3.05, 3.63) is 76.1 Å². The lowest BCUT2D eigenvalue weighted by molar-refractivity contribution is 0.0965. The van der Waals surface area contributed by atoms with E-state index < -0.39 is 0 Å². The lowest BCUT2D eigenvalue weighted by atomic mass is 10.0. The molecule has 29 heavy (non-hydrogen) atoms. The number of ketones is 1. The molecule has 0 aliphatic carbocycles. The topological polar surface area (TPSA) is 70.4 Å². The molecule has 3 aromatic rings. The Hall–Kier alpha value is -3.41. The lowest BCUT2D eigenvalue weighted by Crippen LogP contribution is -2.26. The van der Waals surface area contributed by atoms with Crippen molar-refractivity contribution in [2.45, 2.75) is 26.8 Å². The molecular weight excluding hydrogens is 368 g/mol. The molecule has 0 unspecified atom stereocenters. The van der Waals surface area contributed by atoms with Crippen molar-refractivity contribution >= 4 is 5.78 Å². The molecule has 6 heteroatoms. The number of hydrogen-bond donors (Lipinski definition) is 0. The molecule has 148 valence electrons. The molecule has 2 aromatic carbocycles. The molecule has 1 aliphatic rings. The maximum absolute atomic E-state index is 12.7. The molecule has 0 saturated heterocycles. The molecule has 6 nitrogen and oxygen atoms in total. The van der Waals surface area contributed by atoms with Crippen molar-refractivity contribution in [3.63, 3.8) is 0 Å². The highest BCUT2D eigenvalue weighted by Crippen LogP contribution is 2.32. The Labute approximate surface area is 168 Å². The third kappa shape index (κ3) is 4.21. The second kappa shape index (κ2) is 7.91. The Morgan fingerprint density at radius 1 is 1.03 bits per heavy atom. The number of hydrogen-bond acceptors (Lipinski definition) is 5. The molecule has 0 bridgehead atoms.